The number of aryl methyl sites for hydroxylation is 1. The minimum absolute atomic E-state index is 0.0455. The highest BCUT2D eigenvalue weighted by molar-refractivity contribution is 9.10. The topological polar surface area (TPSA) is 114 Å². The molecule has 37 heavy (non-hydrogen) atoms. The fourth-order valence-electron chi connectivity index (χ4n) is 3.59. The molecule has 0 N–H and O–H groups in total. The highest BCUT2D eigenvalue weighted by Crippen LogP contribution is 2.35. The number of halogens is 5. The van der Waals surface area contributed by atoms with E-state index < -0.39 is 34.5 Å². The summed E-state index contributed by atoms with van der Waals surface area (Å²) >= 11 is 3.17. The standard InChI is InChI=1S/C22H18BrF4N7O3/c1-3-32-11-15(29-31-32)8-16-9-20(22(25,26)27)30-33(16)18-5-4-14(24)7-17(18)12(2)37-19-6-13(23)10-28-21(19)34(35)36/h4-7,9-12H,3,8H2,1-2H3/t12-/m1/s1. The van der Waals surface area contributed by atoms with Gasteiger partial charge in [0.05, 0.1) is 21.5 Å². The molecule has 4 rings (SSSR count). The number of ether oxygens (including phenoxy) is 1. The van der Waals surface area contributed by atoms with Gasteiger partial charge in [-0.1, -0.05) is 5.21 Å². The number of alkyl halides is 3. The molecule has 0 saturated heterocycles. The van der Waals surface area contributed by atoms with Gasteiger partial charge in [0, 0.05) is 30.8 Å². The fraction of sp³-hybridized carbons (Fsp3) is 0.273. The monoisotopic (exact) mass is 583 g/mol. The van der Waals surface area contributed by atoms with Crippen molar-refractivity contribution in [2.75, 3.05) is 0 Å². The van der Waals surface area contributed by atoms with Crippen molar-refractivity contribution >= 4 is 21.7 Å². The summed E-state index contributed by atoms with van der Waals surface area (Å²) in [4.78, 5) is 14.4. The third-order valence-corrected chi connectivity index (χ3v) is 5.71. The second-order valence-corrected chi connectivity index (χ2v) is 8.78. The molecule has 0 aliphatic heterocycles. The summed E-state index contributed by atoms with van der Waals surface area (Å²) in [6.07, 6.45) is -3.02. The Bertz CT molecular complexity index is 1450. The number of pyridine rings is 1. The maximum Gasteiger partial charge on any atom is 0.435 e. The van der Waals surface area contributed by atoms with E-state index in [9.17, 15) is 27.7 Å². The van der Waals surface area contributed by atoms with E-state index in [0.29, 0.717) is 16.7 Å². The number of benzene rings is 1. The Hall–Kier alpha value is -3.88. The SMILES string of the molecule is CCn1cc(Cc2cc(C(F)(F)F)nn2-c2ccc(F)cc2[C@@H](C)Oc2cc(Br)cnc2[N+](=O)[O-])nn1. The van der Waals surface area contributed by atoms with Gasteiger partial charge in [-0.3, -0.25) is 4.68 Å². The van der Waals surface area contributed by atoms with Crippen LogP contribution in [0, 0.1) is 15.9 Å². The number of rotatable bonds is 8. The van der Waals surface area contributed by atoms with Crippen LogP contribution in [-0.4, -0.2) is 34.7 Å². The third kappa shape index (κ3) is 5.76. The Morgan fingerprint density at radius 3 is 2.65 bits per heavy atom. The van der Waals surface area contributed by atoms with Gasteiger partial charge in [0.1, 0.15) is 11.9 Å². The quantitative estimate of drug-likeness (QED) is 0.154. The summed E-state index contributed by atoms with van der Waals surface area (Å²) in [5.41, 5.74) is -0.440. The summed E-state index contributed by atoms with van der Waals surface area (Å²) < 4.78 is 63.8. The summed E-state index contributed by atoms with van der Waals surface area (Å²) in [5, 5.41) is 23.0. The molecule has 0 aliphatic rings. The van der Waals surface area contributed by atoms with Crippen molar-refractivity contribution < 1.29 is 27.2 Å². The zero-order chi connectivity index (χ0) is 26.9. The largest absolute Gasteiger partial charge is 0.478 e. The fourth-order valence-corrected chi connectivity index (χ4v) is 3.90. The van der Waals surface area contributed by atoms with E-state index in [4.69, 9.17) is 4.74 Å². The van der Waals surface area contributed by atoms with Crippen molar-refractivity contribution in [1.82, 2.24) is 29.8 Å². The van der Waals surface area contributed by atoms with Crippen LogP contribution in [0.25, 0.3) is 5.69 Å². The second kappa shape index (κ2) is 10.2. The van der Waals surface area contributed by atoms with Crippen molar-refractivity contribution in [2.45, 2.75) is 39.1 Å². The van der Waals surface area contributed by atoms with E-state index in [-0.39, 0.29) is 29.1 Å². The number of nitrogens with zero attached hydrogens (tertiary/aromatic N) is 7. The number of aromatic nitrogens is 6. The van der Waals surface area contributed by atoms with Gasteiger partial charge >= 0.3 is 12.0 Å². The minimum Gasteiger partial charge on any atom is -0.478 e. The summed E-state index contributed by atoms with van der Waals surface area (Å²) in [6, 6.07) is 5.60. The van der Waals surface area contributed by atoms with Crippen LogP contribution in [0.3, 0.4) is 0 Å². The smallest absolute Gasteiger partial charge is 0.435 e. The van der Waals surface area contributed by atoms with Crippen molar-refractivity contribution in [3.8, 4) is 11.4 Å². The average Bonchev–Trinajstić information content (AvgIpc) is 3.46. The van der Waals surface area contributed by atoms with Gasteiger partial charge < -0.3 is 14.9 Å². The molecule has 0 fully saturated rings. The van der Waals surface area contributed by atoms with Crippen molar-refractivity contribution in [3.05, 3.63) is 85.8 Å². The molecular formula is C22H18BrF4N7O3. The minimum atomic E-state index is -4.74. The van der Waals surface area contributed by atoms with E-state index in [2.05, 4.69) is 36.3 Å². The molecule has 1 atom stereocenters. The van der Waals surface area contributed by atoms with Crippen LogP contribution >= 0.6 is 15.9 Å². The molecular weight excluding hydrogens is 566 g/mol. The molecule has 10 nitrogen and oxygen atoms in total. The van der Waals surface area contributed by atoms with E-state index >= 15 is 0 Å². The molecule has 3 aromatic heterocycles. The Kier molecular flexibility index (Phi) is 7.25. The molecule has 0 amide bonds. The van der Waals surface area contributed by atoms with Gasteiger partial charge in [-0.05, 0) is 64.0 Å². The Morgan fingerprint density at radius 2 is 2.00 bits per heavy atom. The Labute approximate surface area is 215 Å². The zero-order valence-corrected chi connectivity index (χ0v) is 20.9. The van der Waals surface area contributed by atoms with Crippen molar-refractivity contribution in [3.63, 3.8) is 0 Å². The van der Waals surface area contributed by atoms with Gasteiger partial charge in [0.15, 0.2) is 11.9 Å². The molecule has 15 heteroatoms. The normalized spacial score (nSPS) is 12.5. The maximum absolute atomic E-state index is 14.3. The van der Waals surface area contributed by atoms with E-state index in [1.807, 2.05) is 6.92 Å². The highest BCUT2D eigenvalue weighted by atomic mass is 79.9. The van der Waals surface area contributed by atoms with E-state index in [0.717, 1.165) is 22.9 Å². The average molecular weight is 584 g/mol. The lowest BCUT2D eigenvalue weighted by atomic mass is 10.1. The molecule has 0 unspecified atom stereocenters. The molecule has 0 bridgehead atoms. The summed E-state index contributed by atoms with van der Waals surface area (Å²) in [6.45, 7) is 3.83. The van der Waals surface area contributed by atoms with Gasteiger partial charge in [0.25, 0.3) is 0 Å². The number of nitro groups is 1. The summed E-state index contributed by atoms with van der Waals surface area (Å²) in [5.74, 6) is -1.48. The van der Waals surface area contributed by atoms with Crippen LogP contribution in [0.4, 0.5) is 23.4 Å². The van der Waals surface area contributed by atoms with Crippen LogP contribution in [0.5, 0.6) is 5.75 Å². The molecule has 194 valence electrons. The molecule has 1 aromatic carbocycles. The van der Waals surface area contributed by atoms with E-state index in [1.165, 1.54) is 29.9 Å². The van der Waals surface area contributed by atoms with Gasteiger partial charge in [-0.15, -0.1) is 5.10 Å². The Balaban J connectivity index is 1.80. The predicted octanol–water partition coefficient (Wildman–Crippen LogP) is 5.44. The molecule has 0 spiro atoms. The van der Waals surface area contributed by atoms with Crippen molar-refractivity contribution in [2.24, 2.45) is 0 Å². The van der Waals surface area contributed by atoms with E-state index in [1.54, 1.807) is 6.20 Å². The molecule has 0 aliphatic carbocycles. The van der Waals surface area contributed by atoms with Crippen LogP contribution < -0.4 is 4.74 Å². The zero-order valence-electron chi connectivity index (χ0n) is 19.3. The maximum atomic E-state index is 14.3. The predicted molar refractivity (Wildman–Crippen MR) is 125 cm³/mol. The highest BCUT2D eigenvalue weighted by Gasteiger charge is 2.35. The van der Waals surface area contributed by atoms with Crippen LogP contribution in [0.1, 0.15) is 42.6 Å². The van der Waals surface area contributed by atoms with Crippen LogP contribution in [0.2, 0.25) is 0 Å². The van der Waals surface area contributed by atoms with Gasteiger partial charge in [-0.2, -0.15) is 18.3 Å². The van der Waals surface area contributed by atoms with Crippen LogP contribution in [0.15, 0.2) is 47.2 Å². The molecule has 0 saturated carbocycles. The lowest BCUT2D eigenvalue weighted by Gasteiger charge is -2.19. The lowest BCUT2D eigenvalue weighted by molar-refractivity contribution is -0.390. The number of hydrogen-bond acceptors (Lipinski definition) is 7. The number of hydrogen-bond donors (Lipinski definition) is 0. The first-order valence-corrected chi connectivity index (χ1v) is 11.6. The van der Waals surface area contributed by atoms with Gasteiger partial charge in [0.2, 0.25) is 5.75 Å². The first kappa shape index (κ1) is 26.2. The summed E-state index contributed by atoms with van der Waals surface area (Å²) in [7, 11) is 0. The van der Waals surface area contributed by atoms with Crippen molar-refractivity contribution in [1.29, 1.82) is 0 Å². The first-order valence-electron chi connectivity index (χ1n) is 10.8. The third-order valence-electron chi connectivity index (χ3n) is 5.28. The molecule has 3 heterocycles. The Morgan fingerprint density at radius 1 is 1.24 bits per heavy atom. The molecule has 0 radical (unpaired) electrons. The van der Waals surface area contributed by atoms with Gasteiger partial charge in [-0.25, -0.2) is 9.07 Å². The lowest BCUT2D eigenvalue weighted by Crippen LogP contribution is -2.13. The molecule has 4 aromatic rings. The second-order valence-electron chi connectivity index (χ2n) is 7.87. The van der Waals surface area contributed by atoms with Crippen LogP contribution in [-0.2, 0) is 19.1 Å². The first-order chi connectivity index (χ1) is 17.5.